The third kappa shape index (κ3) is 6.04. The van der Waals surface area contributed by atoms with Gasteiger partial charge in [0.1, 0.15) is 36.0 Å². The van der Waals surface area contributed by atoms with Crippen LogP contribution in [0, 0.1) is 0 Å². The van der Waals surface area contributed by atoms with Gasteiger partial charge in [0.25, 0.3) is 0 Å². The lowest BCUT2D eigenvalue weighted by Crippen LogP contribution is -2.52. The molecule has 8 heteroatoms. The van der Waals surface area contributed by atoms with Gasteiger partial charge in [-0.3, -0.25) is 9.59 Å². The van der Waals surface area contributed by atoms with E-state index >= 15 is 0 Å². The average Bonchev–Trinajstić information content (AvgIpc) is 2.33. The van der Waals surface area contributed by atoms with Crippen molar-refractivity contribution in [2.45, 2.75) is 63.3 Å². The second-order valence-corrected chi connectivity index (χ2v) is 4.91. The number of hydrogen-bond acceptors (Lipinski definition) is 8. The van der Waals surface area contributed by atoms with Gasteiger partial charge < -0.3 is 30.6 Å². The summed E-state index contributed by atoms with van der Waals surface area (Å²) in [5.41, 5.74) is 0. The maximum absolute atomic E-state index is 10.8. The van der Waals surface area contributed by atoms with E-state index in [0.717, 1.165) is 0 Å². The van der Waals surface area contributed by atoms with Gasteiger partial charge in [-0.1, -0.05) is 0 Å². The maximum Gasteiger partial charge on any atom is 0.132 e. The number of ketones is 2. The lowest BCUT2D eigenvalue weighted by atomic mass is 9.93. The molecule has 0 saturated carbocycles. The smallest absolute Gasteiger partial charge is 0.132 e. The van der Waals surface area contributed by atoms with Crippen molar-refractivity contribution in [3.63, 3.8) is 0 Å². The van der Waals surface area contributed by atoms with Crippen LogP contribution in [0.5, 0.6) is 0 Å². The van der Waals surface area contributed by atoms with E-state index in [1.54, 1.807) is 0 Å². The van der Waals surface area contributed by atoms with Crippen LogP contribution >= 0.6 is 0 Å². The summed E-state index contributed by atoms with van der Waals surface area (Å²) in [4.78, 5) is 21.5. The van der Waals surface area contributed by atoms with Crippen LogP contribution < -0.4 is 0 Å². The Bertz CT molecular complexity index is 299. The second-order valence-electron chi connectivity index (χ2n) is 4.91. The van der Waals surface area contributed by atoms with Gasteiger partial charge in [-0.15, -0.1) is 0 Å². The SMILES string of the molecule is CC(=O)CC(O)[C@@H](O)[C@@H](O)[C@H](O)[C@H](O)C(O)CC(C)=O. The van der Waals surface area contributed by atoms with E-state index in [1.807, 2.05) is 0 Å². The molecule has 6 atom stereocenters. The van der Waals surface area contributed by atoms with Crippen molar-refractivity contribution in [3.05, 3.63) is 0 Å². The van der Waals surface area contributed by atoms with Gasteiger partial charge in [0.05, 0.1) is 12.2 Å². The Morgan fingerprint density at radius 2 is 0.900 bits per heavy atom. The Morgan fingerprint density at radius 1 is 0.650 bits per heavy atom. The first kappa shape index (κ1) is 19.1. The Morgan fingerprint density at radius 3 is 1.10 bits per heavy atom. The fraction of sp³-hybridized carbons (Fsp3) is 0.833. The zero-order valence-corrected chi connectivity index (χ0v) is 11.4. The van der Waals surface area contributed by atoms with Gasteiger partial charge >= 0.3 is 0 Å². The summed E-state index contributed by atoms with van der Waals surface area (Å²) in [5, 5.41) is 57.1. The first-order chi connectivity index (χ1) is 9.07. The number of aliphatic hydroxyl groups excluding tert-OH is 6. The zero-order chi connectivity index (χ0) is 16.0. The molecule has 0 amide bonds. The predicted molar refractivity (Wildman–Crippen MR) is 66.6 cm³/mol. The molecule has 0 aliphatic rings. The highest BCUT2D eigenvalue weighted by atomic mass is 16.4. The normalized spacial score (nSPS) is 20.6. The van der Waals surface area contributed by atoms with Crippen LogP contribution in [0.3, 0.4) is 0 Å². The summed E-state index contributed by atoms with van der Waals surface area (Å²) in [6, 6.07) is 0. The standard InChI is InChI=1S/C12H22O8/c1-5(13)3-7(15)9(17)11(19)12(20)10(18)8(16)4-6(2)14/h7-12,15-20H,3-4H2,1-2H3/t7?,8?,9-,10-,11-,12-/m1/s1. The molecule has 0 aromatic rings. The molecule has 0 radical (unpaired) electrons. The third-order valence-electron chi connectivity index (χ3n) is 2.83. The minimum absolute atomic E-state index is 0.433. The quantitative estimate of drug-likeness (QED) is 0.265. The molecule has 6 N–H and O–H groups in total. The molecule has 0 heterocycles. The minimum atomic E-state index is -1.99. The Labute approximate surface area is 116 Å². The summed E-state index contributed by atoms with van der Waals surface area (Å²) in [6.45, 7) is 2.34. The minimum Gasteiger partial charge on any atom is -0.390 e. The molecular weight excluding hydrogens is 272 g/mol. The zero-order valence-electron chi connectivity index (χ0n) is 11.4. The third-order valence-corrected chi connectivity index (χ3v) is 2.83. The highest BCUT2D eigenvalue weighted by Gasteiger charge is 2.37. The molecular formula is C12H22O8. The second kappa shape index (κ2) is 8.40. The van der Waals surface area contributed by atoms with Crippen molar-refractivity contribution in [1.29, 1.82) is 0 Å². The van der Waals surface area contributed by atoms with Crippen LogP contribution in [0.1, 0.15) is 26.7 Å². The molecule has 0 bridgehead atoms. The van der Waals surface area contributed by atoms with Gasteiger partial charge in [0.2, 0.25) is 0 Å². The van der Waals surface area contributed by atoms with Gasteiger partial charge in [-0.05, 0) is 13.8 Å². The molecule has 118 valence electrons. The molecule has 0 fully saturated rings. The molecule has 20 heavy (non-hydrogen) atoms. The van der Waals surface area contributed by atoms with Crippen molar-refractivity contribution >= 4 is 11.6 Å². The predicted octanol–water partition coefficient (Wildman–Crippen LogP) is -2.89. The van der Waals surface area contributed by atoms with Crippen LogP contribution in [0.4, 0.5) is 0 Å². The van der Waals surface area contributed by atoms with E-state index < -0.39 is 61.0 Å². The van der Waals surface area contributed by atoms with Crippen LogP contribution in [0.15, 0.2) is 0 Å². The average molecular weight is 294 g/mol. The van der Waals surface area contributed by atoms with Crippen molar-refractivity contribution in [1.82, 2.24) is 0 Å². The number of carbonyl (C=O) groups is 2. The molecule has 2 unspecified atom stereocenters. The van der Waals surface area contributed by atoms with Gasteiger partial charge in [-0.25, -0.2) is 0 Å². The largest absolute Gasteiger partial charge is 0.390 e. The lowest BCUT2D eigenvalue weighted by Gasteiger charge is -2.30. The van der Waals surface area contributed by atoms with E-state index in [9.17, 15) is 40.2 Å². The van der Waals surface area contributed by atoms with Gasteiger partial charge in [0.15, 0.2) is 0 Å². The topological polar surface area (TPSA) is 156 Å². The van der Waals surface area contributed by atoms with Gasteiger partial charge in [0, 0.05) is 12.8 Å². The summed E-state index contributed by atoms with van der Waals surface area (Å²) >= 11 is 0. The van der Waals surface area contributed by atoms with E-state index in [-0.39, 0.29) is 0 Å². The Kier molecular flexibility index (Phi) is 8.02. The van der Waals surface area contributed by atoms with E-state index in [1.165, 1.54) is 13.8 Å². The number of Topliss-reactive ketones (excluding diaryl/α,β-unsaturated/α-hetero) is 2. The molecule has 0 aromatic carbocycles. The Hall–Kier alpha value is -0.900. The van der Waals surface area contributed by atoms with Crippen molar-refractivity contribution in [2.75, 3.05) is 0 Å². The molecule has 0 aliphatic carbocycles. The molecule has 8 nitrogen and oxygen atoms in total. The van der Waals surface area contributed by atoms with E-state index in [0.29, 0.717) is 0 Å². The van der Waals surface area contributed by atoms with Crippen LogP contribution in [0.25, 0.3) is 0 Å². The molecule has 0 rings (SSSR count). The monoisotopic (exact) mass is 294 g/mol. The fourth-order valence-corrected chi connectivity index (χ4v) is 1.69. The lowest BCUT2D eigenvalue weighted by molar-refractivity contribution is -0.158. The number of rotatable bonds is 9. The fourth-order valence-electron chi connectivity index (χ4n) is 1.69. The molecule has 0 aromatic heterocycles. The highest BCUT2D eigenvalue weighted by Crippen LogP contribution is 2.14. The van der Waals surface area contributed by atoms with Crippen LogP contribution in [-0.2, 0) is 9.59 Å². The summed E-state index contributed by atoms with van der Waals surface area (Å²) in [7, 11) is 0. The Balaban J connectivity index is 4.61. The van der Waals surface area contributed by atoms with Crippen LogP contribution in [0.2, 0.25) is 0 Å². The number of aliphatic hydroxyl groups is 6. The number of hydrogen-bond donors (Lipinski definition) is 6. The van der Waals surface area contributed by atoms with Crippen molar-refractivity contribution < 1.29 is 40.2 Å². The summed E-state index contributed by atoms with van der Waals surface area (Å²) in [5.74, 6) is -0.870. The van der Waals surface area contributed by atoms with Crippen molar-refractivity contribution in [3.8, 4) is 0 Å². The highest BCUT2D eigenvalue weighted by molar-refractivity contribution is 5.76. The number of carbonyl (C=O) groups excluding carboxylic acids is 2. The van der Waals surface area contributed by atoms with Crippen molar-refractivity contribution in [2.24, 2.45) is 0 Å². The molecule has 0 spiro atoms. The first-order valence-corrected chi connectivity index (χ1v) is 6.15. The van der Waals surface area contributed by atoms with E-state index in [2.05, 4.69) is 0 Å². The first-order valence-electron chi connectivity index (χ1n) is 6.15. The van der Waals surface area contributed by atoms with Gasteiger partial charge in [-0.2, -0.15) is 0 Å². The maximum atomic E-state index is 10.8. The molecule has 0 saturated heterocycles. The summed E-state index contributed by atoms with van der Waals surface area (Å²) in [6.07, 6.45) is -11.8. The molecule has 0 aliphatic heterocycles. The summed E-state index contributed by atoms with van der Waals surface area (Å²) < 4.78 is 0. The van der Waals surface area contributed by atoms with E-state index in [4.69, 9.17) is 0 Å². The van der Waals surface area contributed by atoms with Crippen LogP contribution in [-0.4, -0.2) is 78.8 Å².